The predicted octanol–water partition coefficient (Wildman–Crippen LogP) is 3.40. The van der Waals surface area contributed by atoms with E-state index in [0.717, 1.165) is 22.3 Å². The summed E-state index contributed by atoms with van der Waals surface area (Å²) >= 11 is -1.94. The molecule has 1 atom stereocenters. The molecule has 0 aliphatic rings. The minimum atomic E-state index is -1.94. The van der Waals surface area contributed by atoms with Crippen molar-refractivity contribution in [2.45, 2.75) is 32.1 Å². The SMILES string of the molecule is Cc1cccc(Cc2cc(C)cc(C)c2S(=O)O)c1.[Na]. The van der Waals surface area contributed by atoms with Crippen LogP contribution in [0.2, 0.25) is 0 Å². The van der Waals surface area contributed by atoms with E-state index in [2.05, 4.69) is 25.1 Å². The maximum Gasteiger partial charge on any atom is 0.187 e. The van der Waals surface area contributed by atoms with Crippen LogP contribution in [0.5, 0.6) is 0 Å². The smallest absolute Gasteiger partial charge is 0.187 e. The van der Waals surface area contributed by atoms with Crippen LogP contribution in [0.25, 0.3) is 0 Å². The Morgan fingerprint density at radius 1 is 1.05 bits per heavy atom. The minimum Gasteiger partial charge on any atom is -0.302 e. The van der Waals surface area contributed by atoms with Crippen LogP contribution in [0.4, 0.5) is 0 Å². The summed E-state index contributed by atoms with van der Waals surface area (Å²) in [6.07, 6.45) is 0.686. The Kier molecular flexibility index (Phi) is 6.62. The van der Waals surface area contributed by atoms with E-state index in [0.29, 0.717) is 11.3 Å². The molecule has 1 radical (unpaired) electrons. The summed E-state index contributed by atoms with van der Waals surface area (Å²) in [7, 11) is 0. The van der Waals surface area contributed by atoms with Gasteiger partial charge >= 0.3 is 0 Å². The topological polar surface area (TPSA) is 37.3 Å². The zero-order valence-corrected chi connectivity index (χ0v) is 15.3. The summed E-state index contributed by atoms with van der Waals surface area (Å²) < 4.78 is 21.0. The van der Waals surface area contributed by atoms with Gasteiger partial charge in [0.2, 0.25) is 0 Å². The maximum absolute atomic E-state index is 11.5. The molecule has 1 unspecified atom stereocenters. The van der Waals surface area contributed by atoms with E-state index in [-0.39, 0.29) is 29.6 Å². The van der Waals surface area contributed by atoms with E-state index in [1.807, 2.05) is 32.0 Å². The van der Waals surface area contributed by atoms with Gasteiger partial charge in [-0.3, -0.25) is 0 Å². The summed E-state index contributed by atoms with van der Waals surface area (Å²) in [4.78, 5) is 0.548. The second-order valence-corrected chi connectivity index (χ2v) is 5.89. The Morgan fingerprint density at radius 2 is 1.75 bits per heavy atom. The van der Waals surface area contributed by atoms with Crippen molar-refractivity contribution in [1.29, 1.82) is 0 Å². The molecule has 2 nitrogen and oxygen atoms in total. The van der Waals surface area contributed by atoms with Crippen LogP contribution in [0.3, 0.4) is 0 Å². The quantitative estimate of drug-likeness (QED) is 0.696. The van der Waals surface area contributed by atoms with Gasteiger partial charge in [-0.05, 0) is 43.9 Å². The summed E-state index contributed by atoms with van der Waals surface area (Å²) in [5, 5.41) is 0. The van der Waals surface area contributed by atoms with Crippen LogP contribution in [0.1, 0.15) is 27.8 Å². The Bertz CT molecular complexity index is 638. The van der Waals surface area contributed by atoms with Crippen molar-refractivity contribution in [1.82, 2.24) is 0 Å². The van der Waals surface area contributed by atoms with Crippen LogP contribution >= 0.6 is 0 Å². The first-order chi connectivity index (χ1) is 8.97. The van der Waals surface area contributed by atoms with E-state index < -0.39 is 11.1 Å². The van der Waals surface area contributed by atoms with E-state index in [1.54, 1.807) is 0 Å². The van der Waals surface area contributed by atoms with Crippen LogP contribution < -0.4 is 0 Å². The second-order valence-electron chi connectivity index (χ2n) is 4.99. The molecule has 2 aromatic carbocycles. The fourth-order valence-electron chi connectivity index (χ4n) is 2.47. The molecule has 2 rings (SSSR count). The Hall–Kier alpha value is -0.450. The molecule has 0 fully saturated rings. The number of aryl methyl sites for hydroxylation is 3. The second kappa shape index (κ2) is 7.53. The van der Waals surface area contributed by atoms with Crippen molar-refractivity contribution in [2.75, 3.05) is 0 Å². The zero-order chi connectivity index (χ0) is 14.0. The van der Waals surface area contributed by atoms with E-state index in [1.165, 1.54) is 5.56 Å². The van der Waals surface area contributed by atoms with Gasteiger partial charge < -0.3 is 4.55 Å². The molecule has 0 spiro atoms. The van der Waals surface area contributed by atoms with E-state index in [9.17, 15) is 8.76 Å². The standard InChI is InChI=1S/C16H18O2S.Na/c1-11-5-4-6-14(8-11)10-15-9-12(2)7-13(3)16(15)19(17)18;/h4-9H,10H2,1-3H3,(H,17,18);. The first kappa shape index (κ1) is 17.6. The molecule has 2 aromatic rings. The third kappa shape index (κ3) is 4.27. The Balaban J connectivity index is 0.00000200. The monoisotopic (exact) mass is 297 g/mol. The van der Waals surface area contributed by atoms with Crippen LogP contribution in [0.15, 0.2) is 41.3 Å². The third-order valence-electron chi connectivity index (χ3n) is 3.15. The fraction of sp³-hybridized carbons (Fsp3) is 0.250. The van der Waals surface area contributed by atoms with Crippen molar-refractivity contribution in [3.05, 3.63) is 64.2 Å². The normalized spacial score (nSPS) is 11.8. The first-order valence-corrected chi connectivity index (χ1v) is 7.34. The van der Waals surface area contributed by atoms with Gasteiger partial charge in [0.05, 0.1) is 4.90 Å². The zero-order valence-electron chi connectivity index (χ0n) is 12.4. The number of hydrogen-bond acceptors (Lipinski definition) is 1. The van der Waals surface area contributed by atoms with Gasteiger partial charge in [0, 0.05) is 29.6 Å². The van der Waals surface area contributed by atoms with Crippen molar-refractivity contribution in [3.63, 3.8) is 0 Å². The molecule has 0 aliphatic heterocycles. The molecule has 0 amide bonds. The summed E-state index contributed by atoms with van der Waals surface area (Å²) in [6.45, 7) is 5.95. The predicted molar refractivity (Wildman–Crippen MR) is 84.7 cm³/mol. The molecular formula is C16H18NaO2S. The summed E-state index contributed by atoms with van der Waals surface area (Å²) in [6, 6.07) is 12.2. The average Bonchev–Trinajstić information content (AvgIpc) is 2.26. The van der Waals surface area contributed by atoms with E-state index >= 15 is 0 Å². The van der Waals surface area contributed by atoms with Gasteiger partial charge in [0.25, 0.3) is 0 Å². The van der Waals surface area contributed by atoms with Crippen LogP contribution in [-0.2, 0) is 17.5 Å². The van der Waals surface area contributed by atoms with Gasteiger partial charge in [-0.15, -0.1) is 0 Å². The van der Waals surface area contributed by atoms with E-state index in [4.69, 9.17) is 0 Å². The summed E-state index contributed by atoms with van der Waals surface area (Å²) in [5.41, 5.74) is 5.30. The molecule has 0 saturated heterocycles. The van der Waals surface area contributed by atoms with Crippen LogP contribution in [-0.4, -0.2) is 38.3 Å². The largest absolute Gasteiger partial charge is 0.302 e. The molecule has 4 heteroatoms. The Labute approximate surface area is 145 Å². The average molecular weight is 297 g/mol. The fourth-order valence-corrected chi connectivity index (χ4v) is 3.16. The van der Waals surface area contributed by atoms with Crippen molar-refractivity contribution < 1.29 is 8.76 Å². The molecular weight excluding hydrogens is 279 g/mol. The molecule has 101 valence electrons. The molecule has 20 heavy (non-hydrogen) atoms. The first-order valence-electron chi connectivity index (χ1n) is 6.24. The van der Waals surface area contributed by atoms with Gasteiger partial charge in [-0.1, -0.05) is 47.5 Å². The molecule has 0 aromatic heterocycles. The third-order valence-corrected chi connectivity index (χ3v) is 4.08. The Morgan fingerprint density at radius 3 is 2.35 bits per heavy atom. The number of hydrogen-bond donors (Lipinski definition) is 1. The number of rotatable bonds is 3. The molecule has 1 N–H and O–H groups in total. The van der Waals surface area contributed by atoms with Gasteiger partial charge in [-0.2, -0.15) is 0 Å². The molecule has 0 bridgehead atoms. The summed E-state index contributed by atoms with van der Waals surface area (Å²) in [5.74, 6) is 0. The number of benzene rings is 2. The molecule has 0 aliphatic carbocycles. The van der Waals surface area contributed by atoms with Gasteiger partial charge in [-0.25, -0.2) is 4.21 Å². The van der Waals surface area contributed by atoms with Crippen molar-refractivity contribution >= 4 is 40.6 Å². The van der Waals surface area contributed by atoms with Gasteiger partial charge in [0.1, 0.15) is 0 Å². The van der Waals surface area contributed by atoms with Crippen molar-refractivity contribution in [3.8, 4) is 0 Å². The minimum absolute atomic E-state index is 0. The molecule has 0 saturated carbocycles. The van der Waals surface area contributed by atoms with Gasteiger partial charge in [0.15, 0.2) is 11.1 Å². The van der Waals surface area contributed by atoms with Crippen LogP contribution in [0, 0.1) is 20.8 Å². The maximum atomic E-state index is 11.5. The van der Waals surface area contributed by atoms with Crippen molar-refractivity contribution in [2.24, 2.45) is 0 Å². The molecule has 0 heterocycles.